The number of anilines is 1. The number of ether oxygens (including phenoxy) is 1. The quantitative estimate of drug-likeness (QED) is 0.734. The first-order valence-corrected chi connectivity index (χ1v) is 7.82. The van der Waals surface area contributed by atoms with Crippen molar-refractivity contribution in [2.75, 3.05) is 11.9 Å². The second-order valence-electron chi connectivity index (χ2n) is 5.12. The average Bonchev–Trinajstić information content (AvgIpc) is 2.43. The van der Waals surface area contributed by atoms with Crippen molar-refractivity contribution in [1.82, 2.24) is 0 Å². The predicted molar refractivity (Wildman–Crippen MR) is 89.1 cm³/mol. The fourth-order valence-corrected chi connectivity index (χ4v) is 3.25. The maximum absolute atomic E-state index is 6.26. The fourth-order valence-electron chi connectivity index (χ4n) is 2.51. The number of fused-ring (bicyclic) bond motifs is 1. The molecule has 1 aliphatic heterocycles. The van der Waals surface area contributed by atoms with Crippen molar-refractivity contribution in [1.29, 1.82) is 0 Å². The summed E-state index contributed by atoms with van der Waals surface area (Å²) in [6.45, 7) is 2.64. The monoisotopic (exact) mass is 341 g/mol. The van der Waals surface area contributed by atoms with Crippen LogP contribution >= 0.6 is 34.8 Å². The molecular weight excluding hydrogens is 329 g/mol. The molecule has 0 radical (unpaired) electrons. The predicted octanol–water partition coefficient (Wildman–Crippen LogP) is 5.89. The van der Waals surface area contributed by atoms with E-state index in [2.05, 4.69) is 5.32 Å². The molecule has 1 unspecified atom stereocenters. The molecule has 0 spiro atoms. The van der Waals surface area contributed by atoms with E-state index in [1.807, 2.05) is 31.2 Å². The molecule has 0 aromatic heterocycles. The van der Waals surface area contributed by atoms with Gasteiger partial charge in [0.1, 0.15) is 5.75 Å². The molecule has 1 heterocycles. The molecule has 110 valence electrons. The highest BCUT2D eigenvalue weighted by molar-refractivity contribution is 6.35. The van der Waals surface area contributed by atoms with Gasteiger partial charge >= 0.3 is 0 Å². The van der Waals surface area contributed by atoms with Gasteiger partial charge in [-0.25, -0.2) is 0 Å². The minimum atomic E-state index is 0.0734. The van der Waals surface area contributed by atoms with Gasteiger partial charge in [-0.1, -0.05) is 40.9 Å². The Morgan fingerprint density at radius 3 is 2.71 bits per heavy atom. The first-order valence-electron chi connectivity index (χ1n) is 6.69. The zero-order valence-electron chi connectivity index (χ0n) is 11.4. The summed E-state index contributed by atoms with van der Waals surface area (Å²) in [6, 6.07) is 9.57. The zero-order chi connectivity index (χ0) is 15.0. The van der Waals surface area contributed by atoms with Gasteiger partial charge in [0.25, 0.3) is 0 Å². The number of nitrogens with one attached hydrogen (secondary N) is 1. The lowest BCUT2D eigenvalue weighted by Crippen LogP contribution is -2.21. The summed E-state index contributed by atoms with van der Waals surface area (Å²) in [4.78, 5) is 0. The van der Waals surface area contributed by atoms with E-state index in [9.17, 15) is 0 Å². The maximum Gasteiger partial charge on any atom is 0.143 e. The molecule has 0 bridgehead atoms. The molecule has 21 heavy (non-hydrogen) atoms. The molecule has 2 aromatic carbocycles. The summed E-state index contributed by atoms with van der Waals surface area (Å²) in [5.74, 6) is 0.702. The van der Waals surface area contributed by atoms with Crippen LogP contribution in [0.3, 0.4) is 0 Å². The Morgan fingerprint density at radius 2 is 1.90 bits per heavy atom. The number of rotatable bonds is 2. The van der Waals surface area contributed by atoms with Gasteiger partial charge in [-0.15, -0.1) is 0 Å². The van der Waals surface area contributed by atoms with Gasteiger partial charge in [-0.05, 0) is 36.8 Å². The molecule has 1 N–H and O–H groups in total. The van der Waals surface area contributed by atoms with Crippen LogP contribution in [0.2, 0.25) is 15.1 Å². The van der Waals surface area contributed by atoms with Gasteiger partial charge in [0, 0.05) is 17.0 Å². The highest BCUT2D eigenvalue weighted by atomic mass is 35.5. The van der Waals surface area contributed by atoms with Crippen LogP contribution in [-0.2, 0) is 0 Å². The molecule has 0 saturated carbocycles. The third-order valence-corrected chi connectivity index (χ3v) is 4.35. The maximum atomic E-state index is 6.26. The summed E-state index contributed by atoms with van der Waals surface area (Å²) < 4.78 is 5.67. The SMILES string of the molecule is Cc1ccc(Cl)c(NC2CCOc3c(Cl)cc(Cl)cc32)c1. The number of halogens is 3. The van der Waals surface area contributed by atoms with Gasteiger partial charge in [-0.3, -0.25) is 0 Å². The lowest BCUT2D eigenvalue weighted by atomic mass is 10.00. The third-order valence-electron chi connectivity index (χ3n) is 3.52. The van der Waals surface area contributed by atoms with Crippen LogP contribution in [0.25, 0.3) is 0 Å². The lowest BCUT2D eigenvalue weighted by Gasteiger charge is -2.28. The van der Waals surface area contributed by atoms with Crippen LogP contribution in [0.1, 0.15) is 23.6 Å². The largest absolute Gasteiger partial charge is 0.492 e. The van der Waals surface area contributed by atoms with Crippen LogP contribution in [0, 0.1) is 6.92 Å². The molecule has 0 amide bonds. The van der Waals surface area contributed by atoms with Crippen molar-refractivity contribution in [2.24, 2.45) is 0 Å². The van der Waals surface area contributed by atoms with Crippen molar-refractivity contribution in [3.05, 3.63) is 56.5 Å². The highest BCUT2D eigenvalue weighted by Crippen LogP contribution is 2.41. The molecule has 5 heteroatoms. The van der Waals surface area contributed by atoms with Crippen molar-refractivity contribution in [3.63, 3.8) is 0 Å². The molecule has 0 fully saturated rings. The molecule has 0 saturated heterocycles. The van der Waals surface area contributed by atoms with Gasteiger partial charge in [0.05, 0.1) is 28.4 Å². The number of aryl methyl sites for hydroxylation is 1. The topological polar surface area (TPSA) is 21.3 Å². The van der Waals surface area contributed by atoms with Gasteiger partial charge in [-0.2, -0.15) is 0 Å². The van der Waals surface area contributed by atoms with Crippen LogP contribution in [0.15, 0.2) is 30.3 Å². The lowest BCUT2D eigenvalue weighted by molar-refractivity contribution is 0.274. The smallest absolute Gasteiger partial charge is 0.143 e. The number of hydrogen-bond acceptors (Lipinski definition) is 2. The van der Waals surface area contributed by atoms with E-state index in [4.69, 9.17) is 39.5 Å². The van der Waals surface area contributed by atoms with E-state index >= 15 is 0 Å². The van der Waals surface area contributed by atoms with Gasteiger partial charge in [0.2, 0.25) is 0 Å². The Balaban J connectivity index is 1.97. The van der Waals surface area contributed by atoms with E-state index in [0.29, 0.717) is 27.4 Å². The Labute approximate surface area is 139 Å². The van der Waals surface area contributed by atoms with Crippen LogP contribution in [0.4, 0.5) is 5.69 Å². The molecule has 3 rings (SSSR count). The van der Waals surface area contributed by atoms with Crippen molar-refractivity contribution < 1.29 is 4.74 Å². The Morgan fingerprint density at radius 1 is 1.10 bits per heavy atom. The summed E-state index contributed by atoms with van der Waals surface area (Å²) in [7, 11) is 0. The summed E-state index contributed by atoms with van der Waals surface area (Å²) in [6.07, 6.45) is 0.827. The van der Waals surface area contributed by atoms with E-state index in [1.54, 1.807) is 6.07 Å². The molecule has 2 nitrogen and oxygen atoms in total. The van der Waals surface area contributed by atoms with Crippen molar-refractivity contribution in [2.45, 2.75) is 19.4 Å². The zero-order valence-corrected chi connectivity index (χ0v) is 13.7. The molecule has 0 aliphatic carbocycles. The second kappa shape index (κ2) is 5.96. The standard InChI is InChI=1S/C16H14Cl3NO/c1-9-2-3-12(18)15(6-9)20-14-4-5-21-16-11(14)7-10(17)8-13(16)19/h2-3,6-8,14,20H,4-5H2,1H3. The highest BCUT2D eigenvalue weighted by Gasteiger charge is 2.24. The minimum Gasteiger partial charge on any atom is -0.492 e. The minimum absolute atomic E-state index is 0.0734. The van der Waals surface area contributed by atoms with Gasteiger partial charge in [0.15, 0.2) is 0 Å². The van der Waals surface area contributed by atoms with Crippen LogP contribution in [0.5, 0.6) is 5.75 Å². The summed E-state index contributed by atoms with van der Waals surface area (Å²) in [5, 5.41) is 5.31. The van der Waals surface area contributed by atoms with Crippen LogP contribution in [-0.4, -0.2) is 6.61 Å². The first kappa shape index (κ1) is 14.8. The first-order chi connectivity index (χ1) is 10.0. The summed E-state index contributed by atoms with van der Waals surface area (Å²) >= 11 is 18.6. The van der Waals surface area contributed by atoms with Crippen molar-refractivity contribution in [3.8, 4) is 5.75 Å². The van der Waals surface area contributed by atoms with Crippen LogP contribution < -0.4 is 10.1 Å². The molecule has 1 atom stereocenters. The Kier molecular flexibility index (Phi) is 4.21. The van der Waals surface area contributed by atoms with E-state index in [0.717, 1.165) is 23.2 Å². The second-order valence-corrected chi connectivity index (χ2v) is 6.37. The number of hydrogen-bond donors (Lipinski definition) is 1. The van der Waals surface area contributed by atoms with E-state index < -0.39 is 0 Å². The van der Waals surface area contributed by atoms with Crippen molar-refractivity contribution >= 4 is 40.5 Å². The molecule has 2 aromatic rings. The van der Waals surface area contributed by atoms with Gasteiger partial charge < -0.3 is 10.1 Å². The van der Waals surface area contributed by atoms with E-state index in [-0.39, 0.29) is 6.04 Å². The third kappa shape index (κ3) is 3.08. The number of benzene rings is 2. The fraction of sp³-hybridized carbons (Fsp3) is 0.250. The van der Waals surface area contributed by atoms with E-state index in [1.165, 1.54) is 0 Å². The molecule has 1 aliphatic rings. The Hall–Kier alpha value is -1.09. The Bertz CT molecular complexity index is 687. The molecular formula is C16H14Cl3NO. The average molecular weight is 343 g/mol. The normalized spacial score (nSPS) is 17.0. The summed E-state index contributed by atoms with van der Waals surface area (Å²) in [5.41, 5.74) is 3.03.